The number of carboxylic acids is 1. The summed E-state index contributed by atoms with van der Waals surface area (Å²) in [5.41, 5.74) is -1.23. The second kappa shape index (κ2) is 6.61. The van der Waals surface area contributed by atoms with Crippen molar-refractivity contribution < 1.29 is 31.5 Å². The second-order valence-corrected chi connectivity index (χ2v) is 6.73. The summed E-state index contributed by atoms with van der Waals surface area (Å²) in [6, 6.07) is -0.119. The van der Waals surface area contributed by atoms with E-state index in [1.807, 2.05) is 4.72 Å². The topological polar surface area (TPSA) is 96.4 Å². The lowest BCUT2D eigenvalue weighted by Gasteiger charge is -2.16. The number of hydrogen-bond acceptors (Lipinski definition) is 4. The molecule has 0 bridgehead atoms. The molecular weight excluding hydrogens is 325 g/mol. The molecule has 0 amide bonds. The molecule has 0 saturated carbocycles. The molecule has 10 heteroatoms. The van der Waals surface area contributed by atoms with E-state index in [0.29, 0.717) is 12.3 Å². The second-order valence-electron chi connectivity index (χ2n) is 5.02. The Morgan fingerprint density at radius 2 is 1.95 bits per heavy atom. The molecule has 0 aliphatic rings. The molecule has 1 heterocycles. The molecule has 0 aromatic carbocycles. The molecule has 124 valence electrons. The smallest absolute Gasteiger partial charge is 0.433 e. The van der Waals surface area contributed by atoms with Gasteiger partial charge in [-0.2, -0.15) is 17.9 Å². The molecule has 0 fully saturated rings. The van der Waals surface area contributed by atoms with E-state index in [9.17, 15) is 26.4 Å². The van der Waals surface area contributed by atoms with E-state index in [-0.39, 0.29) is 12.3 Å². The zero-order chi connectivity index (χ0) is 17.1. The summed E-state index contributed by atoms with van der Waals surface area (Å²) in [6.07, 6.45) is -4.10. The zero-order valence-corrected chi connectivity index (χ0v) is 12.6. The highest BCUT2D eigenvalue weighted by atomic mass is 32.2. The molecular formula is C12H15F3N2O4S. The van der Waals surface area contributed by atoms with Crippen molar-refractivity contribution in [3.05, 3.63) is 24.0 Å². The van der Waals surface area contributed by atoms with Gasteiger partial charge in [-0.3, -0.25) is 9.78 Å². The summed E-state index contributed by atoms with van der Waals surface area (Å²) in [4.78, 5) is 13.5. The Hall–Kier alpha value is -1.68. The normalized spacial score (nSPS) is 14.1. The van der Waals surface area contributed by atoms with Crippen LogP contribution in [0.25, 0.3) is 0 Å². The van der Waals surface area contributed by atoms with Crippen molar-refractivity contribution >= 4 is 16.0 Å². The first kappa shape index (κ1) is 18.4. The highest BCUT2D eigenvalue weighted by Gasteiger charge is 2.33. The van der Waals surface area contributed by atoms with Gasteiger partial charge >= 0.3 is 12.1 Å². The lowest BCUT2D eigenvalue weighted by molar-refractivity contribution is -0.141. The molecule has 2 N–H and O–H groups in total. The van der Waals surface area contributed by atoms with Crippen molar-refractivity contribution in [2.24, 2.45) is 5.92 Å². The molecule has 6 nitrogen and oxygen atoms in total. The first-order valence-electron chi connectivity index (χ1n) is 6.22. The van der Waals surface area contributed by atoms with E-state index in [1.54, 1.807) is 13.8 Å². The van der Waals surface area contributed by atoms with Gasteiger partial charge in [0.25, 0.3) is 0 Å². The average molecular weight is 340 g/mol. The van der Waals surface area contributed by atoms with E-state index in [0.717, 1.165) is 6.07 Å². The minimum atomic E-state index is -4.68. The number of nitrogens with zero attached hydrogens (tertiary/aromatic N) is 1. The fraction of sp³-hybridized carbons (Fsp3) is 0.500. The third-order valence-electron chi connectivity index (χ3n) is 2.64. The molecule has 1 aromatic heterocycles. The van der Waals surface area contributed by atoms with Gasteiger partial charge in [-0.05, 0) is 24.5 Å². The number of alkyl halides is 3. The van der Waals surface area contributed by atoms with Crippen molar-refractivity contribution in [2.75, 3.05) is 0 Å². The number of sulfonamides is 1. The zero-order valence-electron chi connectivity index (χ0n) is 11.8. The Morgan fingerprint density at radius 3 is 2.32 bits per heavy atom. The predicted molar refractivity (Wildman–Crippen MR) is 70.4 cm³/mol. The van der Waals surface area contributed by atoms with Crippen LogP contribution in [0, 0.1) is 5.92 Å². The van der Waals surface area contributed by atoms with Gasteiger partial charge in [0.1, 0.15) is 16.6 Å². The van der Waals surface area contributed by atoms with Crippen LogP contribution in [0.15, 0.2) is 23.2 Å². The Labute approximate surface area is 125 Å². The third-order valence-corrected chi connectivity index (χ3v) is 4.10. The van der Waals surface area contributed by atoms with Crippen LogP contribution in [0.4, 0.5) is 13.2 Å². The molecule has 0 aliphatic heterocycles. The van der Waals surface area contributed by atoms with Crippen LogP contribution >= 0.6 is 0 Å². The van der Waals surface area contributed by atoms with Gasteiger partial charge in [0, 0.05) is 6.20 Å². The number of pyridine rings is 1. The summed E-state index contributed by atoms with van der Waals surface area (Å²) in [5, 5.41) is 8.99. The molecule has 22 heavy (non-hydrogen) atoms. The Morgan fingerprint density at radius 1 is 1.36 bits per heavy atom. The van der Waals surface area contributed by atoms with E-state index < -0.39 is 38.8 Å². The van der Waals surface area contributed by atoms with Crippen molar-refractivity contribution in [1.82, 2.24) is 9.71 Å². The third kappa shape index (κ3) is 4.95. The highest BCUT2D eigenvalue weighted by molar-refractivity contribution is 7.89. The summed E-state index contributed by atoms with van der Waals surface area (Å²) in [7, 11) is -4.27. The minimum Gasteiger partial charge on any atom is -0.480 e. The fourth-order valence-corrected chi connectivity index (χ4v) is 2.78. The number of aromatic nitrogens is 1. The number of carboxylic acid groups (broad SMARTS) is 1. The van der Waals surface area contributed by atoms with Crippen molar-refractivity contribution in [3.8, 4) is 0 Å². The van der Waals surface area contributed by atoms with Crippen LogP contribution in [-0.2, 0) is 21.0 Å². The number of carbonyl (C=O) groups is 1. The van der Waals surface area contributed by atoms with E-state index in [4.69, 9.17) is 5.11 Å². The molecule has 1 atom stereocenters. The van der Waals surface area contributed by atoms with E-state index in [2.05, 4.69) is 4.98 Å². The maximum Gasteiger partial charge on any atom is 0.433 e. The molecule has 0 aliphatic carbocycles. The van der Waals surface area contributed by atoms with Crippen molar-refractivity contribution in [3.63, 3.8) is 0 Å². The summed E-state index contributed by atoms with van der Waals surface area (Å²) >= 11 is 0. The van der Waals surface area contributed by atoms with Gasteiger partial charge in [-0.15, -0.1) is 0 Å². The SMILES string of the molecule is CC(C)C[C@@H](NS(=O)(=O)c1ccc(C(F)(F)F)nc1)C(=O)O. The predicted octanol–water partition coefficient (Wildman–Crippen LogP) is 1.88. The van der Waals surface area contributed by atoms with Gasteiger partial charge in [0.15, 0.2) is 0 Å². The van der Waals surface area contributed by atoms with Gasteiger partial charge in [0.05, 0.1) is 0 Å². The number of halogens is 3. The Bertz CT molecular complexity index is 627. The lowest BCUT2D eigenvalue weighted by atomic mass is 10.1. The molecule has 1 aromatic rings. The summed E-state index contributed by atoms with van der Waals surface area (Å²) in [5.74, 6) is -1.45. The average Bonchev–Trinajstić information content (AvgIpc) is 2.36. The molecule has 0 saturated heterocycles. The number of rotatable bonds is 6. The number of nitrogens with one attached hydrogen (secondary N) is 1. The molecule has 0 spiro atoms. The van der Waals surface area contributed by atoms with Crippen molar-refractivity contribution in [2.45, 2.75) is 37.4 Å². The number of hydrogen-bond donors (Lipinski definition) is 2. The number of aliphatic carboxylic acids is 1. The maximum atomic E-state index is 12.4. The van der Waals surface area contributed by atoms with Crippen LogP contribution < -0.4 is 4.72 Å². The minimum absolute atomic E-state index is 0.0443. The largest absolute Gasteiger partial charge is 0.480 e. The van der Waals surface area contributed by atoms with Crippen LogP contribution in [0.1, 0.15) is 26.0 Å². The Balaban J connectivity index is 3.01. The highest BCUT2D eigenvalue weighted by Crippen LogP contribution is 2.27. The first-order chi connectivity index (χ1) is 9.93. The van der Waals surface area contributed by atoms with Gasteiger partial charge in [0.2, 0.25) is 10.0 Å². The fourth-order valence-electron chi connectivity index (χ4n) is 1.63. The Kier molecular flexibility index (Phi) is 5.52. The molecule has 1 rings (SSSR count). The maximum absolute atomic E-state index is 12.4. The van der Waals surface area contributed by atoms with Crippen LogP contribution in [0.2, 0.25) is 0 Å². The monoisotopic (exact) mass is 340 g/mol. The van der Waals surface area contributed by atoms with Gasteiger partial charge in [-0.25, -0.2) is 8.42 Å². The van der Waals surface area contributed by atoms with Gasteiger partial charge in [-0.1, -0.05) is 13.8 Å². The standard InChI is InChI=1S/C12H15F3N2O4S/c1-7(2)5-9(11(18)19)17-22(20,21)8-3-4-10(16-6-8)12(13,14)15/h3-4,6-7,9,17H,5H2,1-2H3,(H,18,19)/t9-/m1/s1. The van der Waals surface area contributed by atoms with Crippen LogP contribution in [0.3, 0.4) is 0 Å². The van der Waals surface area contributed by atoms with Crippen LogP contribution in [0.5, 0.6) is 0 Å². The summed E-state index contributed by atoms with van der Waals surface area (Å²) < 4.78 is 63.0. The first-order valence-corrected chi connectivity index (χ1v) is 7.70. The van der Waals surface area contributed by atoms with E-state index >= 15 is 0 Å². The lowest BCUT2D eigenvalue weighted by Crippen LogP contribution is -2.41. The molecule has 0 radical (unpaired) electrons. The quantitative estimate of drug-likeness (QED) is 0.824. The van der Waals surface area contributed by atoms with E-state index in [1.165, 1.54) is 0 Å². The van der Waals surface area contributed by atoms with Gasteiger partial charge < -0.3 is 5.11 Å². The van der Waals surface area contributed by atoms with Crippen LogP contribution in [-0.4, -0.2) is 30.5 Å². The molecule has 0 unspecified atom stereocenters. The summed E-state index contributed by atoms with van der Waals surface area (Å²) in [6.45, 7) is 3.42. The van der Waals surface area contributed by atoms with Crippen molar-refractivity contribution in [1.29, 1.82) is 0 Å².